The van der Waals surface area contributed by atoms with E-state index in [1.165, 1.54) is 0 Å². The van der Waals surface area contributed by atoms with Gasteiger partial charge < -0.3 is 10.6 Å². The number of piperazine rings is 1. The number of hydrogen-bond acceptors (Lipinski definition) is 3. The van der Waals surface area contributed by atoms with Crippen molar-refractivity contribution in [3.8, 4) is 0 Å². The van der Waals surface area contributed by atoms with Crippen LogP contribution in [0, 0.1) is 5.41 Å². The minimum absolute atomic E-state index is 0.0736. The zero-order valence-electron chi connectivity index (χ0n) is 11.5. The third kappa shape index (κ3) is 3.01. The molecule has 0 aliphatic carbocycles. The van der Waals surface area contributed by atoms with Crippen LogP contribution in [0.5, 0.6) is 0 Å². The van der Waals surface area contributed by atoms with Gasteiger partial charge in [-0.2, -0.15) is 0 Å². The molecule has 4 nitrogen and oxygen atoms in total. The van der Waals surface area contributed by atoms with E-state index in [9.17, 15) is 0 Å². The van der Waals surface area contributed by atoms with Crippen molar-refractivity contribution >= 4 is 23.1 Å². The van der Waals surface area contributed by atoms with Crippen molar-refractivity contribution in [2.75, 3.05) is 31.6 Å². The summed E-state index contributed by atoms with van der Waals surface area (Å²) in [5.74, 6) is 0.0736. The molecule has 1 unspecified atom stereocenters. The Labute approximate surface area is 119 Å². The summed E-state index contributed by atoms with van der Waals surface area (Å²) in [5.41, 5.74) is 7.42. The summed E-state index contributed by atoms with van der Waals surface area (Å²) >= 11 is 6.00. The van der Waals surface area contributed by atoms with Crippen molar-refractivity contribution in [2.24, 2.45) is 5.73 Å². The number of hydrogen-bond donors (Lipinski definition) is 2. The van der Waals surface area contributed by atoms with E-state index >= 15 is 0 Å². The van der Waals surface area contributed by atoms with Crippen LogP contribution < -0.4 is 10.6 Å². The Morgan fingerprint density at radius 2 is 2.21 bits per heavy atom. The molecule has 104 valence electrons. The van der Waals surface area contributed by atoms with Gasteiger partial charge in [0.2, 0.25) is 0 Å². The van der Waals surface area contributed by atoms with Crippen molar-refractivity contribution in [3.05, 3.63) is 28.8 Å². The molecule has 0 saturated carbocycles. The molecular weight excluding hydrogens is 260 g/mol. The van der Waals surface area contributed by atoms with E-state index in [1.54, 1.807) is 6.07 Å². The second-order valence-electron chi connectivity index (χ2n) is 5.06. The maximum absolute atomic E-state index is 7.71. The number of nitrogens with zero attached hydrogens (tertiary/aromatic N) is 2. The summed E-state index contributed by atoms with van der Waals surface area (Å²) in [6.07, 6.45) is 1.12. The summed E-state index contributed by atoms with van der Waals surface area (Å²) in [6.45, 7) is 5.15. The summed E-state index contributed by atoms with van der Waals surface area (Å²) in [7, 11) is 2.17. The van der Waals surface area contributed by atoms with Crippen LogP contribution in [0.15, 0.2) is 18.2 Å². The van der Waals surface area contributed by atoms with Crippen LogP contribution >= 0.6 is 11.6 Å². The van der Waals surface area contributed by atoms with E-state index in [0.29, 0.717) is 11.1 Å². The van der Waals surface area contributed by atoms with Crippen LogP contribution in [0.1, 0.15) is 18.9 Å². The minimum atomic E-state index is 0.0736. The highest BCUT2D eigenvalue weighted by atomic mass is 35.5. The van der Waals surface area contributed by atoms with Gasteiger partial charge in [-0.25, -0.2) is 0 Å². The first-order chi connectivity index (χ1) is 9.02. The third-order valence-corrected chi connectivity index (χ3v) is 4.07. The van der Waals surface area contributed by atoms with Gasteiger partial charge in [0, 0.05) is 41.9 Å². The van der Waals surface area contributed by atoms with Crippen molar-refractivity contribution in [1.82, 2.24) is 4.90 Å². The fourth-order valence-electron chi connectivity index (χ4n) is 2.61. The van der Waals surface area contributed by atoms with Gasteiger partial charge in [-0.15, -0.1) is 0 Å². The first-order valence-corrected chi connectivity index (χ1v) is 6.99. The molecule has 1 aliphatic heterocycles. The van der Waals surface area contributed by atoms with Crippen LogP contribution in [-0.2, 0) is 0 Å². The molecule has 1 aromatic rings. The highest BCUT2D eigenvalue weighted by Gasteiger charge is 2.24. The van der Waals surface area contributed by atoms with E-state index in [0.717, 1.165) is 37.3 Å². The molecule has 0 bridgehead atoms. The van der Waals surface area contributed by atoms with Gasteiger partial charge in [0.1, 0.15) is 5.84 Å². The lowest BCUT2D eigenvalue weighted by Gasteiger charge is -2.41. The van der Waals surface area contributed by atoms with Crippen LogP contribution in [0.2, 0.25) is 5.02 Å². The molecule has 5 heteroatoms. The van der Waals surface area contributed by atoms with E-state index in [1.807, 2.05) is 12.1 Å². The predicted octanol–water partition coefficient (Wildman–Crippen LogP) is 2.15. The van der Waals surface area contributed by atoms with Gasteiger partial charge in [-0.3, -0.25) is 10.3 Å². The van der Waals surface area contributed by atoms with Crippen LogP contribution in [0.4, 0.5) is 5.69 Å². The fourth-order valence-corrected chi connectivity index (χ4v) is 2.78. The molecule has 3 N–H and O–H groups in total. The number of amidine groups is 1. The topological polar surface area (TPSA) is 56.4 Å². The van der Waals surface area contributed by atoms with Crippen molar-refractivity contribution < 1.29 is 0 Å². The summed E-state index contributed by atoms with van der Waals surface area (Å²) in [5, 5.41) is 8.33. The van der Waals surface area contributed by atoms with Gasteiger partial charge >= 0.3 is 0 Å². The lowest BCUT2D eigenvalue weighted by atomic mass is 10.1. The van der Waals surface area contributed by atoms with E-state index < -0.39 is 0 Å². The monoisotopic (exact) mass is 280 g/mol. The molecule has 0 radical (unpaired) electrons. The zero-order valence-corrected chi connectivity index (χ0v) is 12.2. The first kappa shape index (κ1) is 14.2. The Morgan fingerprint density at radius 1 is 1.47 bits per heavy atom. The van der Waals surface area contributed by atoms with Gasteiger partial charge in [-0.1, -0.05) is 18.5 Å². The Kier molecular flexibility index (Phi) is 4.32. The van der Waals surface area contributed by atoms with Crippen molar-refractivity contribution in [1.29, 1.82) is 5.41 Å². The van der Waals surface area contributed by atoms with Gasteiger partial charge in [-0.05, 0) is 31.7 Å². The predicted molar refractivity (Wildman–Crippen MR) is 81.4 cm³/mol. The van der Waals surface area contributed by atoms with E-state index in [2.05, 4.69) is 23.8 Å². The number of likely N-dealkylation sites (N-methyl/N-ethyl adjacent to an activating group) is 1. The molecule has 1 saturated heterocycles. The largest absolute Gasteiger partial charge is 0.384 e. The summed E-state index contributed by atoms with van der Waals surface area (Å²) < 4.78 is 0. The molecule has 19 heavy (non-hydrogen) atoms. The first-order valence-electron chi connectivity index (χ1n) is 6.62. The summed E-state index contributed by atoms with van der Waals surface area (Å²) in [6, 6.07) is 6.15. The van der Waals surface area contributed by atoms with E-state index in [4.69, 9.17) is 22.7 Å². The van der Waals surface area contributed by atoms with E-state index in [-0.39, 0.29) is 5.84 Å². The maximum Gasteiger partial charge on any atom is 0.124 e. The number of benzene rings is 1. The maximum atomic E-state index is 7.71. The third-order valence-electron chi connectivity index (χ3n) is 3.84. The van der Waals surface area contributed by atoms with Gasteiger partial charge in [0.15, 0.2) is 0 Å². The second-order valence-corrected chi connectivity index (χ2v) is 5.50. The standard InChI is InChI=1S/C14H21ClN4/c1-3-11-9-19(7-6-18(11)2)13-5-4-10(15)8-12(13)14(16)17/h4-5,8,11H,3,6-7,9H2,1-2H3,(H3,16,17). The molecule has 1 aliphatic rings. The zero-order chi connectivity index (χ0) is 14.0. The van der Waals surface area contributed by atoms with Gasteiger partial charge in [0.05, 0.1) is 0 Å². The van der Waals surface area contributed by atoms with Crippen molar-refractivity contribution in [3.63, 3.8) is 0 Å². The lowest BCUT2D eigenvalue weighted by molar-refractivity contribution is 0.213. The van der Waals surface area contributed by atoms with Crippen LogP contribution in [-0.4, -0.2) is 43.5 Å². The molecule has 0 aromatic heterocycles. The number of halogens is 1. The Hall–Kier alpha value is -1.26. The quantitative estimate of drug-likeness (QED) is 0.659. The molecular formula is C14H21ClN4. The minimum Gasteiger partial charge on any atom is -0.384 e. The highest BCUT2D eigenvalue weighted by Crippen LogP contribution is 2.26. The van der Waals surface area contributed by atoms with Gasteiger partial charge in [0.25, 0.3) is 0 Å². The van der Waals surface area contributed by atoms with Crippen molar-refractivity contribution in [2.45, 2.75) is 19.4 Å². The Balaban J connectivity index is 2.29. The molecule has 1 fully saturated rings. The molecule has 1 aromatic carbocycles. The molecule has 1 atom stereocenters. The Bertz CT molecular complexity index is 475. The highest BCUT2D eigenvalue weighted by molar-refractivity contribution is 6.31. The fraction of sp³-hybridized carbons (Fsp3) is 0.500. The second kappa shape index (κ2) is 5.80. The molecule has 0 amide bonds. The molecule has 0 spiro atoms. The smallest absolute Gasteiger partial charge is 0.124 e. The number of rotatable bonds is 3. The molecule has 1 heterocycles. The molecule has 2 rings (SSSR count). The average Bonchev–Trinajstić information content (AvgIpc) is 2.39. The lowest BCUT2D eigenvalue weighted by Crippen LogP contribution is -2.51. The average molecular weight is 281 g/mol. The Morgan fingerprint density at radius 3 is 2.84 bits per heavy atom. The summed E-state index contributed by atoms with van der Waals surface area (Å²) in [4.78, 5) is 4.70. The number of anilines is 1. The SMILES string of the molecule is CCC1CN(c2ccc(Cl)cc2C(=N)N)CCN1C. The van der Waals surface area contributed by atoms with Crippen LogP contribution in [0.3, 0.4) is 0 Å². The number of nitrogens with two attached hydrogens (primary N) is 1. The number of nitrogens with one attached hydrogen (secondary N) is 1. The number of nitrogen functional groups attached to an aromatic ring is 1. The normalized spacial score (nSPS) is 20.6. The van der Waals surface area contributed by atoms with Crippen LogP contribution in [0.25, 0.3) is 0 Å².